The highest BCUT2D eigenvalue weighted by molar-refractivity contribution is 6.30. The van der Waals surface area contributed by atoms with Crippen molar-refractivity contribution in [3.05, 3.63) is 35.5 Å². The van der Waals surface area contributed by atoms with E-state index in [4.69, 9.17) is 11.6 Å². The minimum absolute atomic E-state index is 0.591. The second-order valence-electron chi connectivity index (χ2n) is 5.06. The SMILES string of the molecule is Cn1ncnc1C1(O)CCN(c2cc(Cl)ccn2)CC1. The van der Waals surface area contributed by atoms with Gasteiger partial charge in [0.05, 0.1) is 0 Å². The van der Waals surface area contributed by atoms with Crippen LogP contribution < -0.4 is 4.90 Å². The Morgan fingerprint density at radius 1 is 1.30 bits per heavy atom. The summed E-state index contributed by atoms with van der Waals surface area (Å²) in [4.78, 5) is 10.6. The summed E-state index contributed by atoms with van der Waals surface area (Å²) in [5, 5.41) is 15.4. The average Bonchev–Trinajstić information content (AvgIpc) is 2.87. The maximum atomic E-state index is 10.7. The molecular formula is C13H16ClN5O. The van der Waals surface area contributed by atoms with Crippen LogP contribution in [0.2, 0.25) is 5.02 Å². The summed E-state index contributed by atoms with van der Waals surface area (Å²) in [5.41, 5.74) is -0.916. The van der Waals surface area contributed by atoms with Crippen molar-refractivity contribution in [2.24, 2.45) is 7.05 Å². The summed E-state index contributed by atoms with van der Waals surface area (Å²) in [5.74, 6) is 1.47. The fourth-order valence-electron chi connectivity index (χ4n) is 2.61. The van der Waals surface area contributed by atoms with E-state index < -0.39 is 5.60 Å². The third kappa shape index (κ3) is 2.36. The van der Waals surface area contributed by atoms with Crippen LogP contribution in [0, 0.1) is 0 Å². The van der Waals surface area contributed by atoms with Gasteiger partial charge in [0.15, 0.2) is 5.82 Å². The summed E-state index contributed by atoms with van der Waals surface area (Å²) < 4.78 is 1.63. The molecule has 0 atom stereocenters. The number of anilines is 1. The first-order chi connectivity index (χ1) is 9.58. The number of aliphatic hydroxyl groups is 1. The molecule has 1 saturated heterocycles. The van der Waals surface area contributed by atoms with Gasteiger partial charge in [-0.2, -0.15) is 5.10 Å². The van der Waals surface area contributed by atoms with Gasteiger partial charge in [0.1, 0.15) is 17.7 Å². The smallest absolute Gasteiger partial charge is 0.158 e. The quantitative estimate of drug-likeness (QED) is 0.905. The molecule has 1 aliphatic heterocycles. The molecule has 2 aromatic heterocycles. The van der Waals surface area contributed by atoms with Crippen molar-refractivity contribution in [3.63, 3.8) is 0 Å². The van der Waals surface area contributed by atoms with E-state index >= 15 is 0 Å². The highest BCUT2D eigenvalue weighted by Gasteiger charge is 2.37. The number of pyridine rings is 1. The van der Waals surface area contributed by atoms with Crippen molar-refractivity contribution in [1.82, 2.24) is 19.7 Å². The molecule has 0 amide bonds. The molecule has 0 unspecified atom stereocenters. The van der Waals surface area contributed by atoms with Crippen LogP contribution in [0.3, 0.4) is 0 Å². The first kappa shape index (κ1) is 13.3. The van der Waals surface area contributed by atoms with E-state index in [0.717, 1.165) is 5.82 Å². The minimum Gasteiger partial charge on any atom is -0.382 e. The molecule has 0 saturated carbocycles. The third-order valence-corrected chi connectivity index (χ3v) is 3.98. The lowest BCUT2D eigenvalue weighted by Crippen LogP contribution is -2.44. The zero-order valence-corrected chi connectivity index (χ0v) is 12.0. The Kier molecular flexibility index (Phi) is 3.35. The molecule has 106 valence electrons. The van der Waals surface area contributed by atoms with Crippen molar-refractivity contribution in [2.45, 2.75) is 18.4 Å². The molecule has 1 aliphatic rings. The summed E-state index contributed by atoms with van der Waals surface area (Å²) >= 11 is 5.98. The Bertz CT molecular complexity index is 606. The third-order valence-electron chi connectivity index (χ3n) is 3.75. The van der Waals surface area contributed by atoms with Gasteiger partial charge in [-0.1, -0.05) is 11.6 Å². The lowest BCUT2D eigenvalue weighted by molar-refractivity contribution is -0.000174. The molecule has 0 aliphatic carbocycles. The first-order valence-corrected chi connectivity index (χ1v) is 6.90. The van der Waals surface area contributed by atoms with Crippen LogP contribution in [0.1, 0.15) is 18.7 Å². The molecule has 7 heteroatoms. The number of halogens is 1. The van der Waals surface area contributed by atoms with E-state index in [0.29, 0.717) is 36.8 Å². The number of piperidine rings is 1. The molecule has 1 fully saturated rings. The van der Waals surface area contributed by atoms with E-state index in [9.17, 15) is 5.11 Å². The van der Waals surface area contributed by atoms with Gasteiger partial charge in [0, 0.05) is 44.2 Å². The summed E-state index contributed by atoms with van der Waals surface area (Å²) in [6, 6.07) is 3.60. The van der Waals surface area contributed by atoms with Gasteiger partial charge in [0.2, 0.25) is 0 Å². The number of hydrogen-bond acceptors (Lipinski definition) is 5. The van der Waals surface area contributed by atoms with E-state index in [1.165, 1.54) is 6.33 Å². The van der Waals surface area contributed by atoms with E-state index in [-0.39, 0.29) is 0 Å². The van der Waals surface area contributed by atoms with Crippen molar-refractivity contribution < 1.29 is 5.11 Å². The Hall–Kier alpha value is -1.66. The second kappa shape index (κ2) is 5.03. The van der Waals surface area contributed by atoms with Crippen LogP contribution >= 0.6 is 11.6 Å². The minimum atomic E-state index is -0.916. The van der Waals surface area contributed by atoms with Gasteiger partial charge in [-0.05, 0) is 12.1 Å². The predicted molar refractivity (Wildman–Crippen MR) is 75.6 cm³/mol. The van der Waals surface area contributed by atoms with Crippen LogP contribution in [0.5, 0.6) is 0 Å². The highest BCUT2D eigenvalue weighted by Crippen LogP contribution is 2.32. The molecule has 1 N–H and O–H groups in total. The average molecular weight is 294 g/mol. The molecule has 20 heavy (non-hydrogen) atoms. The van der Waals surface area contributed by atoms with Crippen molar-refractivity contribution in [3.8, 4) is 0 Å². The molecule has 0 bridgehead atoms. The van der Waals surface area contributed by atoms with E-state index in [2.05, 4.69) is 20.0 Å². The number of aromatic nitrogens is 4. The number of hydrogen-bond donors (Lipinski definition) is 1. The van der Waals surface area contributed by atoms with E-state index in [1.807, 2.05) is 6.07 Å². The van der Waals surface area contributed by atoms with Crippen LogP contribution in [-0.4, -0.2) is 37.9 Å². The maximum absolute atomic E-state index is 10.7. The molecular weight excluding hydrogens is 278 g/mol. The summed E-state index contributed by atoms with van der Waals surface area (Å²) in [6.45, 7) is 1.41. The summed E-state index contributed by atoms with van der Waals surface area (Å²) in [7, 11) is 1.80. The maximum Gasteiger partial charge on any atom is 0.158 e. The summed E-state index contributed by atoms with van der Waals surface area (Å²) in [6.07, 6.45) is 4.35. The number of aryl methyl sites for hydroxylation is 1. The van der Waals surface area contributed by atoms with Gasteiger partial charge in [-0.15, -0.1) is 0 Å². The van der Waals surface area contributed by atoms with Crippen molar-refractivity contribution in [2.75, 3.05) is 18.0 Å². The number of rotatable bonds is 2. The Labute approximate surface area is 122 Å². The van der Waals surface area contributed by atoms with Gasteiger partial charge in [-0.3, -0.25) is 4.68 Å². The molecule has 3 heterocycles. The van der Waals surface area contributed by atoms with Gasteiger partial charge < -0.3 is 10.0 Å². The largest absolute Gasteiger partial charge is 0.382 e. The first-order valence-electron chi connectivity index (χ1n) is 6.52. The van der Waals surface area contributed by atoms with Crippen LogP contribution in [0.25, 0.3) is 0 Å². The van der Waals surface area contributed by atoms with Crippen molar-refractivity contribution >= 4 is 17.4 Å². The Morgan fingerprint density at radius 2 is 2.05 bits per heavy atom. The van der Waals surface area contributed by atoms with Gasteiger partial charge >= 0.3 is 0 Å². The lowest BCUT2D eigenvalue weighted by atomic mass is 9.90. The fraction of sp³-hybridized carbons (Fsp3) is 0.462. The van der Waals surface area contributed by atoms with Gasteiger partial charge in [0.25, 0.3) is 0 Å². The van der Waals surface area contributed by atoms with E-state index in [1.54, 1.807) is 24.0 Å². The van der Waals surface area contributed by atoms with Crippen LogP contribution in [-0.2, 0) is 12.6 Å². The topological polar surface area (TPSA) is 67.1 Å². The van der Waals surface area contributed by atoms with Crippen molar-refractivity contribution in [1.29, 1.82) is 0 Å². The zero-order valence-electron chi connectivity index (χ0n) is 11.2. The Morgan fingerprint density at radius 3 is 2.65 bits per heavy atom. The molecule has 0 radical (unpaired) electrons. The number of nitrogens with zero attached hydrogens (tertiary/aromatic N) is 5. The molecule has 6 nitrogen and oxygen atoms in total. The molecule has 0 aromatic carbocycles. The van der Waals surface area contributed by atoms with Crippen LogP contribution in [0.4, 0.5) is 5.82 Å². The fourth-order valence-corrected chi connectivity index (χ4v) is 2.77. The highest BCUT2D eigenvalue weighted by atomic mass is 35.5. The predicted octanol–water partition coefficient (Wildman–Crippen LogP) is 1.35. The zero-order chi connectivity index (χ0) is 14.2. The second-order valence-corrected chi connectivity index (χ2v) is 5.49. The Balaban J connectivity index is 1.75. The molecule has 0 spiro atoms. The monoisotopic (exact) mass is 293 g/mol. The van der Waals surface area contributed by atoms with Crippen LogP contribution in [0.15, 0.2) is 24.7 Å². The van der Waals surface area contributed by atoms with Gasteiger partial charge in [-0.25, -0.2) is 9.97 Å². The standard InChI is InChI=1S/C13H16ClN5O/c1-18-12(16-9-17-18)13(20)3-6-19(7-4-13)11-8-10(14)2-5-15-11/h2,5,8-9,20H,3-4,6-7H2,1H3. The normalized spacial score (nSPS) is 18.2. The molecule has 2 aromatic rings. The molecule has 3 rings (SSSR count). The lowest BCUT2D eigenvalue weighted by Gasteiger charge is -2.37.